The van der Waals surface area contributed by atoms with Gasteiger partial charge < -0.3 is 48.2 Å². The summed E-state index contributed by atoms with van der Waals surface area (Å²) in [7, 11) is 4.05. The number of rotatable bonds is 10. The van der Waals surface area contributed by atoms with Gasteiger partial charge in [0, 0.05) is 28.9 Å². The number of methoxy groups -OCH3 is 3. The fraction of sp³-hybridized carbons (Fsp3) is 0.265. The molecule has 13 nitrogen and oxygen atoms in total. The average molecular weight is 645 g/mol. The topological polar surface area (TPSA) is 168 Å². The number of carbonyl (C=O) groups is 3. The van der Waals surface area contributed by atoms with E-state index in [0.29, 0.717) is 11.0 Å². The van der Waals surface area contributed by atoms with E-state index in [9.17, 15) is 19.5 Å². The Labute approximate surface area is 268 Å². The van der Waals surface area contributed by atoms with Crippen LogP contribution >= 0.6 is 0 Å². The van der Waals surface area contributed by atoms with E-state index in [0.717, 1.165) is 10.8 Å². The fourth-order valence-corrected chi connectivity index (χ4v) is 5.59. The van der Waals surface area contributed by atoms with Crippen LogP contribution in [-0.4, -0.2) is 91.6 Å². The van der Waals surface area contributed by atoms with E-state index in [1.165, 1.54) is 21.3 Å². The maximum absolute atomic E-state index is 13.7. The monoisotopic (exact) mass is 644 g/mol. The summed E-state index contributed by atoms with van der Waals surface area (Å²) in [5.41, 5.74) is 1.52. The molecule has 5 aromatic rings. The highest BCUT2D eigenvalue weighted by Gasteiger charge is 2.53. The Balaban J connectivity index is 1.38. The van der Waals surface area contributed by atoms with Gasteiger partial charge in [0.2, 0.25) is 0 Å². The van der Waals surface area contributed by atoms with Gasteiger partial charge in [-0.25, -0.2) is 14.4 Å². The molecule has 1 aliphatic rings. The van der Waals surface area contributed by atoms with Crippen molar-refractivity contribution in [1.82, 2.24) is 9.97 Å². The van der Waals surface area contributed by atoms with Crippen molar-refractivity contribution in [2.24, 2.45) is 0 Å². The Hall–Kier alpha value is -5.37. The van der Waals surface area contributed by atoms with Gasteiger partial charge in [-0.2, -0.15) is 0 Å². The molecule has 2 aromatic heterocycles. The molecule has 3 N–H and O–H groups in total. The highest BCUT2D eigenvalue weighted by Crippen LogP contribution is 2.34. The van der Waals surface area contributed by atoms with Gasteiger partial charge >= 0.3 is 17.9 Å². The first kappa shape index (κ1) is 31.6. The molecule has 3 aromatic carbocycles. The lowest BCUT2D eigenvalue weighted by Gasteiger charge is -2.43. The highest BCUT2D eigenvalue weighted by atomic mass is 16.7. The number of benzene rings is 3. The number of H-pyrrole nitrogens is 2. The van der Waals surface area contributed by atoms with Crippen LogP contribution in [0.4, 0.5) is 0 Å². The molecule has 1 fully saturated rings. The molecule has 244 valence electrons. The summed E-state index contributed by atoms with van der Waals surface area (Å²) in [5.74, 6) is -2.30. The van der Waals surface area contributed by atoms with E-state index in [-0.39, 0.29) is 28.5 Å². The largest absolute Gasteiger partial charge is 0.496 e. The maximum atomic E-state index is 13.7. The minimum absolute atomic E-state index is 0.0598. The van der Waals surface area contributed by atoms with Gasteiger partial charge in [-0.05, 0) is 36.4 Å². The number of ether oxygens (including phenoxy) is 7. The second-order valence-electron chi connectivity index (χ2n) is 10.6. The predicted molar refractivity (Wildman–Crippen MR) is 167 cm³/mol. The number of aromatic nitrogens is 2. The first-order chi connectivity index (χ1) is 22.8. The summed E-state index contributed by atoms with van der Waals surface area (Å²) in [5, 5.41) is 11.9. The third kappa shape index (κ3) is 6.23. The Morgan fingerprint density at radius 3 is 1.68 bits per heavy atom. The molecule has 0 aliphatic carbocycles. The van der Waals surface area contributed by atoms with Crippen LogP contribution in [0.25, 0.3) is 21.8 Å². The Morgan fingerprint density at radius 2 is 1.19 bits per heavy atom. The van der Waals surface area contributed by atoms with Crippen LogP contribution in [0.2, 0.25) is 0 Å². The number of aliphatic hydroxyl groups is 1. The minimum atomic E-state index is -1.53. The first-order valence-electron chi connectivity index (χ1n) is 14.6. The number of nitrogens with one attached hydrogen (secondary N) is 2. The van der Waals surface area contributed by atoms with E-state index < -0.39 is 55.2 Å². The second kappa shape index (κ2) is 13.5. The van der Waals surface area contributed by atoms with Crippen LogP contribution in [0.1, 0.15) is 31.3 Å². The number of esters is 3. The summed E-state index contributed by atoms with van der Waals surface area (Å²) < 4.78 is 39.9. The summed E-state index contributed by atoms with van der Waals surface area (Å²) in [4.78, 5) is 46.9. The average Bonchev–Trinajstić information content (AvgIpc) is 3.74. The zero-order valence-corrected chi connectivity index (χ0v) is 25.6. The number of aromatic amines is 2. The minimum Gasteiger partial charge on any atom is -0.496 e. The van der Waals surface area contributed by atoms with E-state index in [1.54, 1.807) is 42.5 Å². The van der Waals surface area contributed by atoms with Crippen molar-refractivity contribution >= 4 is 39.7 Å². The van der Waals surface area contributed by atoms with Crippen LogP contribution in [0, 0.1) is 0 Å². The summed E-state index contributed by atoms with van der Waals surface area (Å²) in [6.45, 7) is -0.677. The molecule has 1 aliphatic heterocycles. The summed E-state index contributed by atoms with van der Waals surface area (Å²) >= 11 is 0. The predicted octanol–water partition coefficient (Wildman–Crippen LogP) is 4.01. The molecule has 0 radical (unpaired) electrons. The summed E-state index contributed by atoms with van der Waals surface area (Å²) in [6, 6.07) is 22.4. The lowest BCUT2D eigenvalue weighted by Crippen LogP contribution is -2.62. The van der Waals surface area contributed by atoms with Gasteiger partial charge in [-0.1, -0.05) is 42.5 Å². The quantitative estimate of drug-likeness (QED) is 0.148. The van der Waals surface area contributed by atoms with Gasteiger partial charge in [0.05, 0.1) is 20.8 Å². The molecule has 0 unspecified atom stereocenters. The van der Waals surface area contributed by atoms with Crippen molar-refractivity contribution in [1.29, 1.82) is 0 Å². The van der Waals surface area contributed by atoms with Crippen LogP contribution in [0.3, 0.4) is 0 Å². The normalized spacial score (nSPS) is 20.9. The third-order valence-electron chi connectivity index (χ3n) is 7.86. The van der Waals surface area contributed by atoms with Crippen LogP contribution in [-0.2, 0) is 23.7 Å². The molecule has 0 amide bonds. The van der Waals surface area contributed by atoms with Crippen molar-refractivity contribution in [2.45, 2.75) is 30.7 Å². The molecule has 0 spiro atoms. The number of hydrogen-bond donors (Lipinski definition) is 3. The van der Waals surface area contributed by atoms with Gasteiger partial charge in [0.1, 0.15) is 34.6 Å². The molecular formula is C34H32N2O11. The van der Waals surface area contributed by atoms with Gasteiger partial charge in [-0.15, -0.1) is 0 Å². The zero-order chi connectivity index (χ0) is 33.1. The Bertz CT molecular complexity index is 1830. The molecule has 47 heavy (non-hydrogen) atoms. The number of para-hydroxylation sites is 2. The maximum Gasteiger partial charge on any atom is 0.355 e. The molecule has 6 rings (SSSR count). The Kier molecular flexibility index (Phi) is 9.11. The van der Waals surface area contributed by atoms with Crippen LogP contribution in [0.5, 0.6) is 11.5 Å². The Morgan fingerprint density at radius 1 is 0.681 bits per heavy atom. The second-order valence-corrected chi connectivity index (χ2v) is 10.6. The SMILES string of the molecule is COc1cccc(OC)c1C(=O)O[C@H]1[C@H](OC(=O)c2cc3ccccc3[nH]2)[C@H](OC(=O)c2cc3ccccc3[nH]2)[C@@H](OC)O[C@@H]1CO. The van der Waals surface area contributed by atoms with Crippen molar-refractivity contribution in [3.05, 3.63) is 95.8 Å². The van der Waals surface area contributed by atoms with E-state index in [4.69, 9.17) is 33.2 Å². The van der Waals surface area contributed by atoms with E-state index in [1.807, 2.05) is 36.4 Å². The molecule has 13 heteroatoms. The molecule has 5 atom stereocenters. The summed E-state index contributed by atoms with van der Waals surface area (Å²) in [6.07, 6.45) is -7.10. The number of fused-ring (bicyclic) bond motifs is 2. The molecule has 3 heterocycles. The van der Waals surface area contributed by atoms with Crippen LogP contribution < -0.4 is 9.47 Å². The van der Waals surface area contributed by atoms with Gasteiger partial charge in [0.25, 0.3) is 0 Å². The van der Waals surface area contributed by atoms with Crippen molar-refractivity contribution in [2.75, 3.05) is 27.9 Å². The lowest BCUT2D eigenvalue weighted by atomic mass is 9.98. The van der Waals surface area contributed by atoms with Crippen molar-refractivity contribution in [3.8, 4) is 11.5 Å². The standard InChI is InChI=1S/C34H32N2O11/c1-41-24-13-8-14-25(42-2)27(24)33(40)45-28-26(17-37)44-34(43-3)30(47-32(39)23-16-19-10-5-7-12-21(19)36-23)29(28)46-31(38)22-15-18-9-4-6-11-20(18)35-22/h4-16,26,28-30,34-37H,17H2,1-3H3/t26-,28-,29+,30+,34+/m1/s1. The van der Waals surface area contributed by atoms with E-state index >= 15 is 0 Å². The number of hydrogen-bond acceptors (Lipinski definition) is 11. The highest BCUT2D eigenvalue weighted by molar-refractivity contribution is 5.97. The zero-order valence-electron chi connectivity index (χ0n) is 25.6. The number of aliphatic hydroxyl groups excluding tert-OH is 1. The molecular weight excluding hydrogens is 612 g/mol. The molecule has 1 saturated heterocycles. The van der Waals surface area contributed by atoms with E-state index in [2.05, 4.69) is 9.97 Å². The van der Waals surface area contributed by atoms with Crippen LogP contribution in [0.15, 0.2) is 78.9 Å². The molecule has 0 saturated carbocycles. The smallest absolute Gasteiger partial charge is 0.355 e. The lowest BCUT2D eigenvalue weighted by molar-refractivity contribution is -0.292. The first-order valence-corrected chi connectivity index (χ1v) is 14.6. The van der Waals surface area contributed by atoms with Gasteiger partial charge in [0.15, 0.2) is 24.6 Å². The molecule has 0 bridgehead atoms. The van der Waals surface area contributed by atoms with Gasteiger partial charge in [-0.3, -0.25) is 0 Å². The fourth-order valence-electron chi connectivity index (χ4n) is 5.59. The third-order valence-corrected chi connectivity index (χ3v) is 7.86. The number of carbonyl (C=O) groups excluding carboxylic acids is 3. The van der Waals surface area contributed by atoms with Crippen molar-refractivity contribution in [3.63, 3.8) is 0 Å². The van der Waals surface area contributed by atoms with Crippen molar-refractivity contribution < 1.29 is 52.6 Å².